The Balaban J connectivity index is 1.63. The number of para-hydroxylation sites is 1. The molecular formula is C22H25F3N2O3. The summed E-state index contributed by atoms with van der Waals surface area (Å²) in [5, 5.41) is 0. The maximum Gasteiger partial charge on any atom is 0.471 e. The van der Waals surface area contributed by atoms with Crippen LogP contribution in [0.1, 0.15) is 52.0 Å². The summed E-state index contributed by atoms with van der Waals surface area (Å²) in [5.74, 6) is -1.85. The van der Waals surface area contributed by atoms with Gasteiger partial charge in [0.1, 0.15) is 5.60 Å². The first-order valence-corrected chi connectivity index (χ1v) is 10.2. The van der Waals surface area contributed by atoms with Crippen LogP contribution in [0.15, 0.2) is 29.8 Å². The Morgan fingerprint density at radius 1 is 1.03 bits per heavy atom. The lowest BCUT2D eigenvalue weighted by atomic mass is 9.90. The Morgan fingerprint density at radius 3 is 2.20 bits per heavy atom. The molecule has 4 rings (SSSR count). The van der Waals surface area contributed by atoms with Gasteiger partial charge >= 0.3 is 18.2 Å². The van der Waals surface area contributed by atoms with Crippen LogP contribution in [0.3, 0.4) is 0 Å². The van der Waals surface area contributed by atoms with Gasteiger partial charge in [-0.1, -0.05) is 23.8 Å². The quantitative estimate of drug-likeness (QED) is 0.597. The van der Waals surface area contributed by atoms with E-state index in [1.165, 1.54) is 0 Å². The van der Waals surface area contributed by atoms with Crippen LogP contribution in [-0.2, 0) is 9.53 Å². The first-order valence-electron chi connectivity index (χ1n) is 10.2. The third kappa shape index (κ3) is 3.68. The van der Waals surface area contributed by atoms with E-state index >= 15 is 0 Å². The van der Waals surface area contributed by atoms with Gasteiger partial charge < -0.3 is 9.64 Å². The van der Waals surface area contributed by atoms with Crippen molar-refractivity contribution < 1.29 is 27.5 Å². The topological polar surface area (TPSA) is 49.9 Å². The number of piperidine rings is 1. The van der Waals surface area contributed by atoms with Gasteiger partial charge in [0.05, 0.1) is 12.2 Å². The second-order valence-electron chi connectivity index (χ2n) is 9.17. The SMILES string of the molecule is CC(C)(C)OC(=O)N1C2CCC1CC(=C1CN(C(=O)C(F)(F)F)c3ccccc31)C2. The van der Waals surface area contributed by atoms with Gasteiger partial charge in [0.25, 0.3) is 0 Å². The lowest BCUT2D eigenvalue weighted by Crippen LogP contribution is -2.47. The highest BCUT2D eigenvalue weighted by Crippen LogP contribution is 2.46. The summed E-state index contributed by atoms with van der Waals surface area (Å²) >= 11 is 0. The molecule has 2 fully saturated rings. The Labute approximate surface area is 173 Å². The van der Waals surface area contributed by atoms with Gasteiger partial charge in [-0.15, -0.1) is 0 Å². The van der Waals surface area contributed by atoms with E-state index in [-0.39, 0.29) is 24.7 Å². The molecular weight excluding hydrogens is 397 g/mol. The summed E-state index contributed by atoms with van der Waals surface area (Å²) in [7, 11) is 0. The number of carbonyl (C=O) groups is 2. The summed E-state index contributed by atoms with van der Waals surface area (Å²) in [6.07, 6.45) is -2.39. The van der Waals surface area contributed by atoms with Crippen LogP contribution in [0.25, 0.3) is 5.57 Å². The van der Waals surface area contributed by atoms with E-state index in [1.54, 1.807) is 29.2 Å². The van der Waals surface area contributed by atoms with Gasteiger partial charge in [-0.3, -0.25) is 9.69 Å². The van der Waals surface area contributed by atoms with Crippen LogP contribution >= 0.6 is 0 Å². The molecule has 0 saturated carbocycles. The van der Waals surface area contributed by atoms with E-state index in [1.807, 2.05) is 20.8 Å². The third-order valence-electron chi connectivity index (χ3n) is 5.94. The molecule has 1 aromatic carbocycles. The average Bonchev–Trinajstić information content (AvgIpc) is 3.14. The van der Waals surface area contributed by atoms with Crippen molar-refractivity contribution in [3.8, 4) is 0 Å². The van der Waals surface area contributed by atoms with Crippen LogP contribution in [-0.4, -0.2) is 47.3 Å². The largest absolute Gasteiger partial charge is 0.471 e. The lowest BCUT2D eigenvalue weighted by molar-refractivity contribution is -0.170. The number of carbonyl (C=O) groups excluding carboxylic acids is 2. The minimum absolute atomic E-state index is 0.0272. The van der Waals surface area contributed by atoms with E-state index in [9.17, 15) is 22.8 Å². The first-order chi connectivity index (χ1) is 14.0. The first kappa shape index (κ1) is 20.8. The molecule has 0 aliphatic carbocycles. The van der Waals surface area contributed by atoms with Crippen molar-refractivity contribution >= 4 is 23.3 Å². The normalized spacial score (nSPS) is 23.7. The highest BCUT2D eigenvalue weighted by atomic mass is 19.4. The maximum absolute atomic E-state index is 13.1. The maximum atomic E-state index is 13.1. The van der Waals surface area contributed by atoms with Gasteiger partial charge in [0.15, 0.2) is 0 Å². The minimum Gasteiger partial charge on any atom is -0.444 e. The summed E-state index contributed by atoms with van der Waals surface area (Å²) in [5.41, 5.74) is 2.20. The summed E-state index contributed by atoms with van der Waals surface area (Å²) in [6, 6.07) is 6.67. The van der Waals surface area contributed by atoms with Crippen LogP contribution < -0.4 is 4.90 Å². The fraction of sp³-hybridized carbons (Fsp3) is 0.545. The molecule has 0 radical (unpaired) electrons. The standard InChI is InChI=1S/C22H25F3N2O3/c1-21(2,3)30-20(29)27-14-8-9-15(27)11-13(10-14)17-12-26(19(28)22(23,24)25)18-7-5-4-6-16(17)18/h4-7,14-15H,8-12H2,1-3H3. The van der Waals surface area contributed by atoms with E-state index in [4.69, 9.17) is 4.74 Å². The second-order valence-corrected chi connectivity index (χ2v) is 9.17. The number of alkyl halides is 3. The number of amides is 2. The van der Waals surface area contributed by atoms with Crippen molar-refractivity contribution in [1.29, 1.82) is 0 Å². The lowest BCUT2D eigenvalue weighted by Gasteiger charge is -2.37. The van der Waals surface area contributed by atoms with Crippen LogP contribution in [0.5, 0.6) is 0 Å². The van der Waals surface area contributed by atoms with Crippen LogP contribution in [0, 0.1) is 0 Å². The third-order valence-corrected chi connectivity index (χ3v) is 5.94. The highest BCUT2D eigenvalue weighted by Gasteiger charge is 2.48. The highest BCUT2D eigenvalue weighted by molar-refractivity contribution is 6.05. The molecule has 8 heteroatoms. The van der Waals surface area contributed by atoms with Gasteiger partial charge in [-0.05, 0) is 58.1 Å². The fourth-order valence-electron chi connectivity index (χ4n) is 4.80. The van der Waals surface area contributed by atoms with Gasteiger partial charge in [0.2, 0.25) is 0 Å². The van der Waals surface area contributed by atoms with E-state index < -0.39 is 17.7 Å². The Hall–Kier alpha value is -2.51. The average molecular weight is 422 g/mol. The number of hydrogen-bond donors (Lipinski definition) is 0. The molecule has 3 heterocycles. The van der Waals surface area contributed by atoms with Crippen LogP contribution in [0.4, 0.5) is 23.7 Å². The Bertz CT molecular complexity index is 901. The zero-order chi connectivity index (χ0) is 21.8. The van der Waals surface area contributed by atoms with Crippen molar-refractivity contribution in [1.82, 2.24) is 4.90 Å². The Morgan fingerprint density at radius 2 is 1.63 bits per heavy atom. The number of benzene rings is 1. The molecule has 162 valence electrons. The molecule has 0 N–H and O–H groups in total. The summed E-state index contributed by atoms with van der Waals surface area (Å²) in [4.78, 5) is 27.3. The minimum atomic E-state index is -4.92. The summed E-state index contributed by atoms with van der Waals surface area (Å²) < 4.78 is 44.9. The molecule has 0 spiro atoms. The smallest absolute Gasteiger partial charge is 0.444 e. The summed E-state index contributed by atoms with van der Waals surface area (Å²) in [6.45, 7) is 5.39. The van der Waals surface area contributed by atoms with Crippen molar-refractivity contribution in [2.75, 3.05) is 11.4 Å². The molecule has 5 nitrogen and oxygen atoms in total. The zero-order valence-corrected chi connectivity index (χ0v) is 17.3. The van der Waals surface area contributed by atoms with Crippen molar-refractivity contribution in [3.05, 3.63) is 35.4 Å². The zero-order valence-electron chi connectivity index (χ0n) is 17.3. The Kier molecular flexibility index (Phi) is 4.86. The molecule has 1 aromatic rings. The second kappa shape index (κ2) is 7.03. The van der Waals surface area contributed by atoms with E-state index in [0.29, 0.717) is 24.1 Å². The molecule has 2 atom stereocenters. The molecule has 2 saturated heterocycles. The molecule has 2 amide bonds. The molecule has 2 bridgehead atoms. The number of anilines is 1. The number of fused-ring (bicyclic) bond motifs is 3. The number of hydrogen-bond acceptors (Lipinski definition) is 3. The van der Waals surface area contributed by atoms with Gasteiger partial charge in [0, 0.05) is 17.6 Å². The van der Waals surface area contributed by atoms with E-state index in [0.717, 1.165) is 28.9 Å². The predicted octanol–water partition coefficient (Wildman–Crippen LogP) is 4.91. The van der Waals surface area contributed by atoms with Gasteiger partial charge in [-0.2, -0.15) is 13.2 Å². The van der Waals surface area contributed by atoms with Crippen LogP contribution in [0.2, 0.25) is 0 Å². The van der Waals surface area contributed by atoms with Crippen molar-refractivity contribution in [3.63, 3.8) is 0 Å². The molecule has 2 unspecified atom stereocenters. The number of rotatable bonds is 0. The van der Waals surface area contributed by atoms with Gasteiger partial charge in [-0.25, -0.2) is 4.79 Å². The van der Waals surface area contributed by atoms with E-state index in [2.05, 4.69) is 0 Å². The number of nitrogens with zero attached hydrogens (tertiary/aromatic N) is 2. The predicted molar refractivity (Wildman–Crippen MR) is 106 cm³/mol. The molecule has 0 aromatic heterocycles. The fourth-order valence-corrected chi connectivity index (χ4v) is 4.80. The molecule has 3 aliphatic heterocycles. The molecule has 30 heavy (non-hydrogen) atoms. The van der Waals surface area contributed by atoms with Crippen molar-refractivity contribution in [2.24, 2.45) is 0 Å². The molecule has 3 aliphatic rings. The monoisotopic (exact) mass is 422 g/mol. The van der Waals surface area contributed by atoms with Crippen molar-refractivity contribution in [2.45, 2.75) is 70.3 Å². The number of ether oxygens (including phenoxy) is 1. The number of halogens is 3.